The fraction of sp³-hybridized carbons (Fsp3) is 0.304. The van der Waals surface area contributed by atoms with Gasteiger partial charge in [0.1, 0.15) is 5.25 Å². The summed E-state index contributed by atoms with van der Waals surface area (Å²) in [7, 11) is 1.27. The molecule has 0 unspecified atom stereocenters. The number of amidine groups is 1. The zero-order valence-corrected chi connectivity index (χ0v) is 18.5. The van der Waals surface area contributed by atoms with Crippen LogP contribution in [0.15, 0.2) is 59.6 Å². The van der Waals surface area contributed by atoms with Crippen LogP contribution in [0.4, 0.5) is 11.4 Å². The quantitative estimate of drug-likeness (QED) is 0.444. The number of hydrogen-bond acceptors (Lipinski definition) is 7. The molecule has 0 aliphatic carbocycles. The second-order valence-corrected chi connectivity index (χ2v) is 8.22. The molecule has 1 fully saturated rings. The predicted octanol–water partition coefficient (Wildman–Crippen LogP) is 3.21. The fourth-order valence-electron chi connectivity index (χ4n) is 3.18. The summed E-state index contributed by atoms with van der Waals surface area (Å²) in [5, 5.41) is 11.7. The van der Waals surface area contributed by atoms with Gasteiger partial charge >= 0.3 is 5.97 Å². The molecule has 0 spiro atoms. The minimum absolute atomic E-state index is 0.0474. The third-order valence-electron chi connectivity index (χ3n) is 4.77. The van der Waals surface area contributed by atoms with Crippen LogP contribution in [-0.2, 0) is 14.3 Å². The largest absolute Gasteiger partial charge is 0.465 e. The molecule has 168 valence electrons. The predicted molar refractivity (Wildman–Crippen MR) is 124 cm³/mol. The number of unbranched alkanes of at least 4 members (excludes halogenated alkanes) is 1. The third kappa shape index (κ3) is 5.95. The first-order chi connectivity index (χ1) is 15.5. The summed E-state index contributed by atoms with van der Waals surface area (Å²) in [6.07, 6.45) is 1.13. The number of thioether (sulfide) groups is 1. The van der Waals surface area contributed by atoms with Crippen molar-refractivity contribution in [1.29, 1.82) is 0 Å². The molecule has 0 bridgehead atoms. The van der Waals surface area contributed by atoms with E-state index in [2.05, 4.69) is 10.3 Å². The lowest BCUT2D eigenvalue weighted by atomic mass is 10.1. The Kier molecular flexibility index (Phi) is 8.41. The summed E-state index contributed by atoms with van der Waals surface area (Å²) in [5.74, 6) is -1.14. The van der Waals surface area contributed by atoms with Crippen molar-refractivity contribution in [3.63, 3.8) is 0 Å². The number of aliphatic hydroxyl groups is 1. The highest BCUT2D eigenvalue weighted by molar-refractivity contribution is 8.15. The molecule has 2 amide bonds. The monoisotopic (exact) mass is 455 g/mol. The van der Waals surface area contributed by atoms with Gasteiger partial charge in [0.25, 0.3) is 0 Å². The van der Waals surface area contributed by atoms with Crippen molar-refractivity contribution in [2.75, 3.05) is 25.6 Å². The number of nitrogens with one attached hydrogen (secondary N) is 1. The summed E-state index contributed by atoms with van der Waals surface area (Å²) in [4.78, 5) is 43.8. The third-order valence-corrected chi connectivity index (χ3v) is 5.94. The number of aliphatic imine (C=N–C) groups is 1. The topological polar surface area (TPSA) is 108 Å². The van der Waals surface area contributed by atoms with Crippen molar-refractivity contribution in [3.8, 4) is 0 Å². The Balaban J connectivity index is 1.73. The second-order valence-electron chi connectivity index (χ2n) is 7.05. The van der Waals surface area contributed by atoms with Gasteiger partial charge in [0.15, 0.2) is 5.17 Å². The van der Waals surface area contributed by atoms with Gasteiger partial charge in [0.05, 0.1) is 24.0 Å². The van der Waals surface area contributed by atoms with E-state index in [1.807, 2.05) is 30.3 Å². The van der Waals surface area contributed by atoms with Crippen molar-refractivity contribution < 1.29 is 24.2 Å². The highest BCUT2D eigenvalue weighted by Gasteiger charge is 2.39. The van der Waals surface area contributed by atoms with Gasteiger partial charge in [-0.05, 0) is 37.1 Å². The maximum Gasteiger partial charge on any atom is 0.339 e. The molecule has 1 atom stereocenters. The maximum absolute atomic E-state index is 13.0. The zero-order valence-electron chi connectivity index (χ0n) is 17.7. The van der Waals surface area contributed by atoms with E-state index in [1.54, 1.807) is 29.2 Å². The highest BCUT2D eigenvalue weighted by atomic mass is 32.2. The Bertz CT molecular complexity index is 996. The van der Waals surface area contributed by atoms with E-state index in [4.69, 9.17) is 9.84 Å². The fourth-order valence-corrected chi connectivity index (χ4v) is 4.36. The number of benzene rings is 2. The number of esters is 1. The molecule has 1 aliphatic rings. The molecular formula is C23H25N3O5S. The molecule has 0 radical (unpaired) electrons. The number of aliphatic hydroxyl groups excluding tert-OH is 1. The van der Waals surface area contributed by atoms with Gasteiger partial charge in [-0.2, -0.15) is 0 Å². The first kappa shape index (κ1) is 23.5. The van der Waals surface area contributed by atoms with Crippen LogP contribution in [0, 0.1) is 0 Å². The molecule has 1 heterocycles. The number of anilines is 1. The summed E-state index contributed by atoms with van der Waals surface area (Å²) >= 11 is 1.25. The number of ether oxygens (including phenoxy) is 1. The first-order valence-corrected chi connectivity index (χ1v) is 11.1. The molecule has 9 heteroatoms. The van der Waals surface area contributed by atoms with Gasteiger partial charge in [-0.15, -0.1) is 0 Å². The highest BCUT2D eigenvalue weighted by Crippen LogP contribution is 2.32. The second kappa shape index (κ2) is 11.4. The average molecular weight is 456 g/mol. The van der Waals surface area contributed by atoms with Crippen LogP contribution < -0.4 is 5.32 Å². The average Bonchev–Trinajstić information content (AvgIpc) is 3.08. The Morgan fingerprint density at radius 3 is 2.56 bits per heavy atom. The number of hydrogen-bond donors (Lipinski definition) is 2. The van der Waals surface area contributed by atoms with E-state index < -0.39 is 11.2 Å². The Hall–Kier alpha value is -3.17. The molecule has 2 N–H and O–H groups in total. The van der Waals surface area contributed by atoms with Crippen molar-refractivity contribution >= 4 is 46.1 Å². The number of rotatable bonds is 9. The van der Waals surface area contributed by atoms with Crippen molar-refractivity contribution in [2.24, 2.45) is 4.99 Å². The van der Waals surface area contributed by atoms with Crippen LogP contribution in [0.3, 0.4) is 0 Å². The molecule has 2 aromatic carbocycles. The number of carbonyl (C=O) groups is 3. The number of amides is 2. The lowest BCUT2D eigenvalue weighted by molar-refractivity contribution is -0.128. The molecule has 2 aromatic rings. The Labute approximate surface area is 190 Å². The van der Waals surface area contributed by atoms with Crippen LogP contribution in [-0.4, -0.2) is 58.5 Å². The molecule has 1 aliphatic heterocycles. The maximum atomic E-state index is 13.0. The summed E-state index contributed by atoms with van der Waals surface area (Å²) in [6.45, 7) is 0.465. The SMILES string of the molecule is COC(=O)c1ccccc1NC(=O)C[C@@H]1SC(=Nc2ccccc2)N(CCCCO)C1=O. The van der Waals surface area contributed by atoms with E-state index in [0.717, 1.165) is 0 Å². The minimum Gasteiger partial charge on any atom is -0.465 e. The lowest BCUT2D eigenvalue weighted by Crippen LogP contribution is -2.34. The standard InChI is InChI=1S/C23H25N3O5S/c1-31-22(30)17-11-5-6-12-18(17)25-20(28)15-19-21(29)26(13-7-8-14-27)23(32-19)24-16-9-3-2-4-10-16/h2-6,9-12,19,27H,7-8,13-15H2,1H3,(H,25,28)/t19-/m0/s1. The van der Waals surface area contributed by atoms with E-state index in [1.165, 1.54) is 18.9 Å². The Morgan fingerprint density at radius 2 is 1.84 bits per heavy atom. The van der Waals surface area contributed by atoms with Gasteiger partial charge < -0.3 is 15.2 Å². The Morgan fingerprint density at radius 1 is 1.12 bits per heavy atom. The van der Waals surface area contributed by atoms with Gasteiger partial charge in [-0.3, -0.25) is 14.5 Å². The molecule has 3 rings (SSSR count). The number of para-hydroxylation sites is 2. The van der Waals surface area contributed by atoms with Crippen LogP contribution in [0.5, 0.6) is 0 Å². The first-order valence-electron chi connectivity index (χ1n) is 10.2. The molecular weight excluding hydrogens is 430 g/mol. The van der Waals surface area contributed by atoms with E-state index in [-0.39, 0.29) is 30.4 Å². The summed E-state index contributed by atoms with van der Waals surface area (Å²) in [6, 6.07) is 15.8. The molecule has 0 aromatic heterocycles. The van der Waals surface area contributed by atoms with Crippen molar-refractivity contribution in [2.45, 2.75) is 24.5 Å². The number of carbonyl (C=O) groups excluding carboxylic acids is 3. The summed E-state index contributed by atoms with van der Waals surface area (Å²) < 4.78 is 4.75. The van der Waals surface area contributed by atoms with Crippen LogP contribution >= 0.6 is 11.8 Å². The zero-order chi connectivity index (χ0) is 22.9. The van der Waals surface area contributed by atoms with Crippen LogP contribution in [0.25, 0.3) is 0 Å². The number of methoxy groups -OCH3 is 1. The van der Waals surface area contributed by atoms with E-state index in [9.17, 15) is 14.4 Å². The van der Waals surface area contributed by atoms with Gasteiger partial charge in [-0.1, -0.05) is 42.1 Å². The molecule has 0 saturated carbocycles. The molecule has 32 heavy (non-hydrogen) atoms. The summed E-state index contributed by atoms with van der Waals surface area (Å²) in [5.41, 5.74) is 1.29. The van der Waals surface area contributed by atoms with Crippen LogP contribution in [0.1, 0.15) is 29.6 Å². The van der Waals surface area contributed by atoms with Crippen molar-refractivity contribution in [3.05, 3.63) is 60.2 Å². The molecule has 1 saturated heterocycles. The van der Waals surface area contributed by atoms with E-state index >= 15 is 0 Å². The smallest absolute Gasteiger partial charge is 0.339 e. The molecule has 8 nitrogen and oxygen atoms in total. The van der Waals surface area contributed by atoms with Gasteiger partial charge in [-0.25, -0.2) is 9.79 Å². The van der Waals surface area contributed by atoms with Crippen molar-refractivity contribution in [1.82, 2.24) is 4.90 Å². The lowest BCUT2D eigenvalue weighted by Gasteiger charge is -2.16. The van der Waals surface area contributed by atoms with E-state index in [0.29, 0.717) is 35.9 Å². The van der Waals surface area contributed by atoms with Gasteiger partial charge in [0.2, 0.25) is 11.8 Å². The number of nitrogens with zero attached hydrogens (tertiary/aromatic N) is 2. The normalized spacial score (nSPS) is 16.9. The minimum atomic E-state index is -0.628. The van der Waals surface area contributed by atoms with Crippen LogP contribution in [0.2, 0.25) is 0 Å². The van der Waals surface area contributed by atoms with Gasteiger partial charge in [0, 0.05) is 19.6 Å².